The van der Waals surface area contributed by atoms with Crippen LogP contribution in [0.2, 0.25) is 0 Å². The Balaban J connectivity index is 2.27. The van der Waals surface area contributed by atoms with Crippen molar-refractivity contribution < 1.29 is 9.53 Å². The van der Waals surface area contributed by atoms with Gasteiger partial charge in [-0.1, -0.05) is 18.2 Å². The molecule has 3 rings (SSSR count). The van der Waals surface area contributed by atoms with Crippen molar-refractivity contribution in [3.63, 3.8) is 0 Å². The number of carbonyl (C=O) groups is 1. The Morgan fingerprint density at radius 1 is 1.35 bits per heavy atom. The van der Waals surface area contributed by atoms with Crippen LogP contribution < -0.4 is 5.73 Å². The normalized spacial score (nSPS) is 10.8. The van der Waals surface area contributed by atoms with Crippen molar-refractivity contribution in [3.05, 3.63) is 42.1 Å². The second kappa shape index (κ2) is 4.77. The largest absolute Gasteiger partial charge is 0.462 e. The molecule has 0 radical (unpaired) electrons. The van der Waals surface area contributed by atoms with Gasteiger partial charge in [0.15, 0.2) is 0 Å². The van der Waals surface area contributed by atoms with Crippen LogP contribution >= 0.6 is 0 Å². The number of fused-ring (bicyclic) bond motifs is 3. The molecule has 0 aliphatic carbocycles. The summed E-state index contributed by atoms with van der Waals surface area (Å²) < 4.78 is 4.97. The van der Waals surface area contributed by atoms with Crippen molar-refractivity contribution in [3.8, 4) is 0 Å². The van der Waals surface area contributed by atoms with Crippen LogP contribution in [0.4, 0.5) is 5.82 Å². The minimum Gasteiger partial charge on any atom is -0.462 e. The average molecular weight is 267 g/mol. The summed E-state index contributed by atoms with van der Waals surface area (Å²) in [4.78, 5) is 20.5. The molecule has 0 spiro atoms. The van der Waals surface area contributed by atoms with E-state index in [-0.39, 0.29) is 11.4 Å². The Hall–Kier alpha value is -2.69. The van der Waals surface area contributed by atoms with Crippen LogP contribution in [0.15, 0.2) is 36.5 Å². The number of nitrogen functional groups attached to an aromatic ring is 1. The van der Waals surface area contributed by atoms with Crippen LogP contribution in [-0.2, 0) is 4.74 Å². The summed E-state index contributed by atoms with van der Waals surface area (Å²) in [6, 6.07) is 9.35. The predicted molar refractivity (Wildman–Crippen MR) is 77.4 cm³/mol. The lowest BCUT2D eigenvalue weighted by Gasteiger charge is -2.08. The molecule has 0 saturated carbocycles. The maximum atomic E-state index is 11.8. The molecule has 0 unspecified atom stereocenters. The lowest BCUT2D eigenvalue weighted by atomic mass is 10.1. The summed E-state index contributed by atoms with van der Waals surface area (Å²) in [6.07, 6.45) is 1.69. The molecule has 3 aromatic rings. The van der Waals surface area contributed by atoms with Gasteiger partial charge < -0.3 is 10.5 Å². The number of aromatic nitrogens is 2. The highest BCUT2D eigenvalue weighted by molar-refractivity contribution is 6.06. The lowest BCUT2D eigenvalue weighted by molar-refractivity contribution is 0.0527. The molecular weight excluding hydrogens is 254 g/mol. The summed E-state index contributed by atoms with van der Waals surface area (Å²) >= 11 is 0. The summed E-state index contributed by atoms with van der Waals surface area (Å²) in [6.45, 7) is 2.05. The minimum atomic E-state index is -0.465. The molecule has 1 aromatic carbocycles. The first kappa shape index (κ1) is 12.3. The summed E-state index contributed by atoms with van der Waals surface area (Å²) in [5.74, 6) is -0.292. The van der Waals surface area contributed by atoms with Crippen LogP contribution in [0.1, 0.15) is 17.3 Å². The van der Waals surface area contributed by atoms with E-state index in [1.807, 2.05) is 24.3 Å². The van der Waals surface area contributed by atoms with Crippen molar-refractivity contribution in [1.82, 2.24) is 9.97 Å². The number of anilines is 1. The average Bonchev–Trinajstić information content (AvgIpc) is 2.46. The van der Waals surface area contributed by atoms with E-state index in [1.54, 1.807) is 19.2 Å². The zero-order valence-corrected chi connectivity index (χ0v) is 11.0. The van der Waals surface area contributed by atoms with Gasteiger partial charge in [-0.25, -0.2) is 9.78 Å². The third-order valence-electron chi connectivity index (χ3n) is 3.08. The second-order valence-electron chi connectivity index (χ2n) is 4.35. The number of pyridine rings is 2. The van der Waals surface area contributed by atoms with Crippen molar-refractivity contribution >= 4 is 33.6 Å². The maximum absolute atomic E-state index is 11.8. The van der Waals surface area contributed by atoms with Gasteiger partial charge in [0.25, 0.3) is 0 Å². The maximum Gasteiger partial charge on any atom is 0.341 e. The van der Waals surface area contributed by atoms with Gasteiger partial charge in [0.2, 0.25) is 0 Å². The van der Waals surface area contributed by atoms with E-state index in [0.29, 0.717) is 6.61 Å². The lowest BCUT2D eigenvalue weighted by Crippen LogP contribution is -2.09. The summed E-state index contributed by atoms with van der Waals surface area (Å²) in [5.41, 5.74) is 7.73. The van der Waals surface area contributed by atoms with Gasteiger partial charge in [0.05, 0.1) is 17.6 Å². The zero-order chi connectivity index (χ0) is 14.1. The molecule has 0 aliphatic heterocycles. The number of carbonyl (C=O) groups excluding carboxylic acids is 1. The molecule has 0 bridgehead atoms. The molecule has 0 saturated heterocycles. The van der Waals surface area contributed by atoms with Crippen LogP contribution in [0.5, 0.6) is 0 Å². The first-order chi connectivity index (χ1) is 9.70. The summed E-state index contributed by atoms with van der Waals surface area (Å²) in [5, 5.41) is 1.67. The quantitative estimate of drug-likeness (QED) is 0.570. The third-order valence-corrected chi connectivity index (χ3v) is 3.08. The monoisotopic (exact) mass is 267 g/mol. The molecule has 2 aromatic heterocycles. The van der Waals surface area contributed by atoms with E-state index in [0.717, 1.165) is 21.8 Å². The van der Waals surface area contributed by atoms with Gasteiger partial charge in [-0.2, -0.15) is 0 Å². The molecule has 20 heavy (non-hydrogen) atoms. The number of ether oxygens (including phenoxy) is 1. The molecule has 100 valence electrons. The van der Waals surface area contributed by atoms with E-state index < -0.39 is 5.97 Å². The SMILES string of the molecule is CCOC(=O)c1cc2cnc3ccccc3c2nc1N. The van der Waals surface area contributed by atoms with E-state index in [2.05, 4.69) is 9.97 Å². The topological polar surface area (TPSA) is 78.1 Å². The van der Waals surface area contributed by atoms with Gasteiger partial charge in [0, 0.05) is 17.0 Å². The Morgan fingerprint density at radius 3 is 2.95 bits per heavy atom. The van der Waals surface area contributed by atoms with Crippen LogP contribution in [0, 0.1) is 0 Å². The van der Waals surface area contributed by atoms with Gasteiger partial charge in [-0.15, -0.1) is 0 Å². The smallest absolute Gasteiger partial charge is 0.341 e. The van der Waals surface area contributed by atoms with Crippen molar-refractivity contribution in [2.45, 2.75) is 6.92 Å². The number of hydrogen-bond acceptors (Lipinski definition) is 5. The number of nitrogens with two attached hydrogens (primary N) is 1. The number of benzene rings is 1. The van der Waals surface area contributed by atoms with Crippen molar-refractivity contribution in [2.24, 2.45) is 0 Å². The fourth-order valence-corrected chi connectivity index (χ4v) is 2.16. The Morgan fingerprint density at radius 2 is 2.15 bits per heavy atom. The van der Waals surface area contributed by atoms with E-state index >= 15 is 0 Å². The number of nitrogens with zero attached hydrogens (tertiary/aromatic N) is 2. The van der Waals surface area contributed by atoms with E-state index in [1.165, 1.54) is 0 Å². The molecule has 5 heteroatoms. The zero-order valence-electron chi connectivity index (χ0n) is 11.0. The molecule has 0 fully saturated rings. The summed E-state index contributed by atoms with van der Waals surface area (Å²) in [7, 11) is 0. The highest BCUT2D eigenvalue weighted by Crippen LogP contribution is 2.25. The van der Waals surface area contributed by atoms with Crippen LogP contribution in [0.3, 0.4) is 0 Å². The highest BCUT2D eigenvalue weighted by Gasteiger charge is 2.14. The predicted octanol–water partition coefficient (Wildman–Crippen LogP) is 2.54. The van der Waals surface area contributed by atoms with Gasteiger partial charge in [-0.3, -0.25) is 4.98 Å². The molecule has 0 amide bonds. The fourth-order valence-electron chi connectivity index (χ4n) is 2.16. The Labute approximate surface area is 115 Å². The van der Waals surface area contributed by atoms with Gasteiger partial charge in [-0.05, 0) is 19.1 Å². The molecule has 2 heterocycles. The van der Waals surface area contributed by atoms with Crippen molar-refractivity contribution in [2.75, 3.05) is 12.3 Å². The second-order valence-corrected chi connectivity index (χ2v) is 4.35. The number of esters is 1. The Bertz CT molecular complexity index is 815. The molecule has 0 atom stereocenters. The first-order valence-corrected chi connectivity index (χ1v) is 6.32. The first-order valence-electron chi connectivity index (χ1n) is 6.32. The molecule has 0 aliphatic rings. The van der Waals surface area contributed by atoms with E-state index in [9.17, 15) is 4.79 Å². The van der Waals surface area contributed by atoms with Gasteiger partial charge in [0.1, 0.15) is 11.4 Å². The highest BCUT2D eigenvalue weighted by atomic mass is 16.5. The number of para-hydroxylation sites is 1. The molecular formula is C15H13N3O2. The van der Waals surface area contributed by atoms with E-state index in [4.69, 9.17) is 10.5 Å². The van der Waals surface area contributed by atoms with Gasteiger partial charge >= 0.3 is 5.97 Å². The molecule has 5 nitrogen and oxygen atoms in total. The fraction of sp³-hybridized carbons (Fsp3) is 0.133. The Kier molecular flexibility index (Phi) is 2.95. The standard InChI is InChI=1S/C15H13N3O2/c1-2-20-15(19)11-7-9-8-17-12-6-4-3-5-10(12)13(9)18-14(11)16/h3-8H,2H2,1H3,(H2,16,18). The number of rotatable bonds is 2. The minimum absolute atomic E-state index is 0.173. The number of hydrogen-bond donors (Lipinski definition) is 1. The van der Waals surface area contributed by atoms with Crippen LogP contribution in [0.25, 0.3) is 21.8 Å². The third kappa shape index (κ3) is 1.93. The van der Waals surface area contributed by atoms with Crippen LogP contribution in [-0.4, -0.2) is 22.5 Å². The van der Waals surface area contributed by atoms with Crippen molar-refractivity contribution in [1.29, 1.82) is 0 Å². The molecule has 2 N–H and O–H groups in total.